The van der Waals surface area contributed by atoms with Crippen molar-refractivity contribution in [1.82, 2.24) is 10.3 Å². The third-order valence-electron chi connectivity index (χ3n) is 2.98. The summed E-state index contributed by atoms with van der Waals surface area (Å²) < 4.78 is 5.58. The summed E-state index contributed by atoms with van der Waals surface area (Å²) in [5.41, 5.74) is 1.30. The summed E-state index contributed by atoms with van der Waals surface area (Å²) in [5, 5.41) is 3.44. The Morgan fingerprint density at radius 2 is 2.25 bits per heavy atom. The highest BCUT2D eigenvalue weighted by atomic mass is 16.5. The summed E-state index contributed by atoms with van der Waals surface area (Å²) in [4.78, 5) is 4.00. The fourth-order valence-corrected chi connectivity index (χ4v) is 2.06. The standard InChI is InChI=1S/C13H20N2O/c1(3-13-4-2-10-16-13)7-15-11-12-5-8-14-9-6-12/h5-6,8-9,13,15H,1-4,7,10-11H2. The highest BCUT2D eigenvalue weighted by molar-refractivity contribution is 5.08. The third-order valence-corrected chi connectivity index (χ3v) is 2.98. The molecule has 2 heterocycles. The lowest BCUT2D eigenvalue weighted by Crippen LogP contribution is -2.16. The Labute approximate surface area is 97.2 Å². The number of hydrogen-bond donors (Lipinski definition) is 1. The first-order valence-corrected chi connectivity index (χ1v) is 6.16. The van der Waals surface area contributed by atoms with Gasteiger partial charge in [-0.2, -0.15) is 0 Å². The van der Waals surface area contributed by atoms with E-state index < -0.39 is 0 Å². The van der Waals surface area contributed by atoms with Crippen LogP contribution in [0.5, 0.6) is 0 Å². The molecule has 3 heteroatoms. The first-order valence-electron chi connectivity index (χ1n) is 6.16. The zero-order valence-corrected chi connectivity index (χ0v) is 9.69. The summed E-state index contributed by atoms with van der Waals surface area (Å²) in [7, 11) is 0. The molecule has 1 N–H and O–H groups in total. The summed E-state index contributed by atoms with van der Waals surface area (Å²) in [5.74, 6) is 0. The lowest BCUT2D eigenvalue weighted by Gasteiger charge is -2.09. The van der Waals surface area contributed by atoms with Gasteiger partial charge in [-0.05, 0) is 49.9 Å². The van der Waals surface area contributed by atoms with Crippen LogP contribution in [0.25, 0.3) is 0 Å². The van der Waals surface area contributed by atoms with Crippen LogP contribution < -0.4 is 5.32 Å². The van der Waals surface area contributed by atoms with Crippen molar-refractivity contribution in [2.45, 2.75) is 38.3 Å². The third kappa shape index (κ3) is 3.91. The van der Waals surface area contributed by atoms with E-state index in [0.717, 1.165) is 19.7 Å². The highest BCUT2D eigenvalue weighted by Gasteiger charge is 2.14. The Morgan fingerprint density at radius 3 is 3.00 bits per heavy atom. The second kappa shape index (κ2) is 6.61. The minimum absolute atomic E-state index is 0.530. The molecule has 1 saturated heterocycles. The van der Waals surface area contributed by atoms with Crippen LogP contribution >= 0.6 is 0 Å². The molecule has 1 atom stereocenters. The molecule has 0 spiro atoms. The van der Waals surface area contributed by atoms with Crippen molar-refractivity contribution in [3.8, 4) is 0 Å². The fraction of sp³-hybridized carbons (Fsp3) is 0.615. The number of nitrogens with zero attached hydrogens (tertiary/aromatic N) is 1. The van der Waals surface area contributed by atoms with Crippen LogP contribution in [0.1, 0.15) is 31.2 Å². The summed E-state index contributed by atoms with van der Waals surface area (Å²) in [6.45, 7) is 2.98. The quantitative estimate of drug-likeness (QED) is 0.746. The molecule has 0 aliphatic carbocycles. The average Bonchev–Trinajstić information content (AvgIpc) is 2.83. The van der Waals surface area contributed by atoms with E-state index in [1.165, 1.54) is 31.2 Å². The van der Waals surface area contributed by atoms with E-state index in [1.54, 1.807) is 0 Å². The Hall–Kier alpha value is -0.930. The molecule has 16 heavy (non-hydrogen) atoms. The minimum Gasteiger partial charge on any atom is -0.378 e. The van der Waals surface area contributed by atoms with Gasteiger partial charge in [-0.1, -0.05) is 0 Å². The Balaban J connectivity index is 1.52. The van der Waals surface area contributed by atoms with E-state index in [0.29, 0.717) is 6.10 Å². The maximum atomic E-state index is 5.58. The highest BCUT2D eigenvalue weighted by Crippen LogP contribution is 2.16. The zero-order valence-electron chi connectivity index (χ0n) is 9.69. The number of nitrogens with one attached hydrogen (secondary N) is 1. The van der Waals surface area contributed by atoms with Gasteiger partial charge in [0.25, 0.3) is 0 Å². The number of aromatic nitrogens is 1. The van der Waals surface area contributed by atoms with E-state index in [9.17, 15) is 0 Å². The van der Waals surface area contributed by atoms with Crippen LogP contribution in [0.4, 0.5) is 0 Å². The van der Waals surface area contributed by atoms with E-state index in [2.05, 4.69) is 10.3 Å². The monoisotopic (exact) mass is 220 g/mol. The van der Waals surface area contributed by atoms with Gasteiger partial charge >= 0.3 is 0 Å². The van der Waals surface area contributed by atoms with Gasteiger partial charge in [0.2, 0.25) is 0 Å². The molecule has 88 valence electrons. The first kappa shape index (κ1) is 11.6. The minimum atomic E-state index is 0.530. The second-order valence-electron chi connectivity index (χ2n) is 4.31. The van der Waals surface area contributed by atoms with Crippen molar-refractivity contribution in [1.29, 1.82) is 0 Å². The molecule has 3 nitrogen and oxygen atoms in total. The SMILES string of the molecule is c1cc(CNCCCC2CCCO2)ccn1. The molecule has 1 aromatic rings. The molecule has 0 saturated carbocycles. The largest absolute Gasteiger partial charge is 0.378 e. The van der Waals surface area contributed by atoms with Gasteiger partial charge in [-0.15, -0.1) is 0 Å². The summed E-state index contributed by atoms with van der Waals surface area (Å²) >= 11 is 0. The van der Waals surface area contributed by atoms with Crippen molar-refractivity contribution in [2.75, 3.05) is 13.2 Å². The van der Waals surface area contributed by atoms with Crippen molar-refractivity contribution in [3.05, 3.63) is 30.1 Å². The number of pyridine rings is 1. The lowest BCUT2D eigenvalue weighted by molar-refractivity contribution is 0.102. The van der Waals surface area contributed by atoms with Crippen LogP contribution in [0, 0.1) is 0 Å². The molecule has 0 bridgehead atoms. The number of ether oxygens (including phenoxy) is 1. The Kier molecular flexibility index (Phi) is 4.77. The molecule has 1 unspecified atom stereocenters. The smallest absolute Gasteiger partial charge is 0.0576 e. The van der Waals surface area contributed by atoms with E-state index >= 15 is 0 Å². The van der Waals surface area contributed by atoms with Crippen LogP contribution in [-0.2, 0) is 11.3 Å². The molecular weight excluding hydrogens is 200 g/mol. The molecule has 1 fully saturated rings. The molecular formula is C13H20N2O. The topological polar surface area (TPSA) is 34.1 Å². The van der Waals surface area contributed by atoms with Gasteiger partial charge in [0, 0.05) is 25.5 Å². The predicted molar refractivity (Wildman–Crippen MR) is 64.2 cm³/mol. The van der Waals surface area contributed by atoms with Crippen molar-refractivity contribution < 1.29 is 4.74 Å². The summed E-state index contributed by atoms with van der Waals surface area (Å²) in [6.07, 6.45) is 9.11. The molecule has 1 aromatic heterocycles. The Morgan fingerprint density at radius 1 is 1.38 bits per heavy atom. The van der Waals surface area contributed by atoms with Gasteiger partial charge < -0.3 is 10.1 Å². The molecule has 0 radical (unpaired) electrons. The van der Waals surface area contributed by atoms with Crippen molar-refractivity contribution >= 4 is 0 Å². The van der Waals surface area contributed by atoms with Gasteiger partial charge in [-0.3, -0.25) is 4.98 Å². The first-order chi connectivity index (χ1) is 7.95. The van der Waals surface area contributed by atoms with E-state index in [-0.39, 0.29) is 0 Å². The second-order valence-corrected chi connectivity index (χ2v) is 4.31. The average molecular weight is 220 g/mol. The molecule has 1 aliphatic rings. The molecule has 2 rings (SSSR count). The normalized spacial score (nSPS) is 20.1. The molecule has 1 aliphatic heterocycles. The molecule has 0 amide bonds. The van der Waals surface area contributed by atoms with Crippen LogP contribution in [0.15, 0.2) is 24.5 Å². The van der Waals surface area contributed by atoms with Crippen LogP contribution in [0.2, 0.25) is 0 Å². The maximum absolute atomic E-state index is 5.58. The number of rotatable bonds is 6. The van der Waals surface area contributed by atoms with Gasteiger partial charge in [0.15, 0.2) is 0 Å². The lowest BCUT2D eigenvalue weighted by atomic mass is 10.1. The Bertz CT molecular complexity index is 283. The van der Waals surface area contributed by atoms with Crippen LogP contribution in [0.3, 0.4) is 0 Å². The number of hydrogen-bond acceptors (Lipinski definition) is 3. The van der Waals surface area contributed by atoms with E-state index in [4.69, 9.17) is 4.74 Å². The summed E-state index contributed by atoms with van der Waals surface area (Å²) in [6, 6.07) is 4.10. The van der Waals surface area contributed by atoms with Gasteiger partial charge in [0.1, 0.15) is 0 Å². The maximum Gasteiger partial charge on any atom is 0.0576 e. The van der Waals surface area contributed by atoms with Crippen molar-refractivity contribution in [3.63, 3.8) is 0 Å². The van der Waals surface area contributed by atoms with Gasteiger partial charge in [0.05, 0.1) is 6.10 Å². The zero-order chi connectivity index (χ0) is 11.1. The van der Waals surface area contributed by atoms with Crippen LogP contribution in [-0.4, -0.2) is 24.2 Å². The predicted octanol–water partition coefficient (Wildman–Crippen LogP) is 2.13. The van der Waals surface area contributed by atoms with Gasteiger partial charge in [-0.25, -0.2) is 0 Å². The van der Waals surface area contributed by atoms with E-state index in [1.807, 2.05) is 24.5 Å². The fourth-order valence-electron chi connectivity index (χ4n) is 2.06. The van der Waals surface area contributed by atoms with Crippen molar-refractivity contribution in [2.24, 2.45) is 0 Å². The molecule has 0 aromatic carbocycles.